The lowest BCUT2D eigenvalue weighted by molar-refractivity contribution is 0.119. The normalized spacial score (nSPS) is 27.1. The fourth-order valence-electron chi connectivity index (χ4n) is 3.04. The lowest BCUT2D eigenvalue weighted by atomic mass is 10.00. The first-order chi connectivity index (χ1) is 8.60. The molecule has 1 saturated heterocycles. The van der Waals surface area contributed by atoms with E-state index in [1.165, 1.54) is 5.56 Å². The Kier molecular flexibility index (Phi) is 4.66. The van der Waals surface area contributed by atoms with Crippen LogP contribution >= 0.6 is 11.6 Å². The van der Waals surface area contributed by atoms with Gasteiger partial charge in [-0.25, -0.2) is 0 Å². The Morgan fingerprint density at radius 3 is 2.56 bits per heavy atom. The highest BCUT2D eigenvalue weighted by Gasteiger charge is 2.26. The summed E-state index contributed by atoms with van der Waals surface area (Å²) >= 11 is 6.11. The van der Waals surface area contributed by atoms with Gasteiger partial charge in [0.1, 0.15) is 0 Å². The van der Waals surface area contributed by atoms with Crippen LogP contribution in [0.3, 0.4) is 0 Å². The molecule has 100 valence electrons. The minimum atomic E-state index is 0.482. The van der Waals surface area contributed by atoms with Gasteiger partial charge in [0.2, 0.25) is 0 Å². The first kappa shape index (κ1) is 13.9. The van der Waals surface area contributed by atoms with Crippen LogP contribution in [0.25, 0.3) is 0 Å². The molecular formula is C15H23ClN2. The van der Waals surface area contributed by atoms with Gasteiger partial charge < -0.3 is 5.32 Å². The zero-order chi connectivity index (χ0) is 13.1. The van der Waals surface area contributed by atoms with Crippen LogP contribution in [0.5, 0.6) is 0 Å². The molecular weight excluding hydrogens is 244 g/mol. The molecule has 0 aromatic heterocycles. The molecule has 3 atom stereocenters. The maximum Gasteiger partial charge on any atom is 0.0409 e. The fourth-order valence-corrected chi connectivity index (χ4v) is 3.24. The van der Waals surface area contributed by atoms with Gasteiger partial charge >= 0.3 is 0 Å². The van der Waals surface area contributed by atoms with E-state index in [2.05, 4.69) is 49.2 Å². The molecule has 2 rings (SSSR count). The summed E-state index contributed by atoms with van der Waals surface area (Å²) < 4.78 is 0. The molecule has 3 unspecified atom stereocenters. The quantitative estimate of drug-likeness (QED) is 0.901. The number of nitrogens with one attached hydrogen (secondary N) is 1. The molecule has 1 N–H and O–H groups in total. The first-order valence-corrected chi connectivity index (χ1v) is 7.23. The van der Waals surface area contributed by atoms with E-state index < -0.39 is 0 Å². The maximum absolute atomic E-state index is 6.11. The van der Waals surface area contributed by atoms with Crippen molar-refractivity contribution in [1.29, 1.82) is 0 Å². The van der Waals surface area contributed by atoms with Crippen LogP contribution in [-0.4, -0.2) is 30.1 Å². The van der Waals surface area contributed by atoms with Gasteiger partial charge in [-0.2, -0.15) is 0 Å². The van der Waals surface area contributed by atoms with Gasteiger partial charge in [-0.3, -0.25) is 4.90 Å². The number of hydrogen-bond acceptors (Lipinski definition) is 2. The largest absolute Gasteiger partial charge is 0.309 e. The van der Waals surface area contributed by atoms with Crippen molar-refractivity contribution in [3.63, 3.8) is 0 Å². The summed E-state index contributed by atoms with van der Waals surface area (Å²) in [6.45, 7) is 8.98. The number of hydrogen-bond donors (Lipinski definition) is 1. The van der Waals surface area contributed by atoms with Gasteiger partial charge in [-0.1, -0.05) is 30.7 Å². The van der Waals surface area contributed by atoms with Gasteiger partial charge in [0.05, 0.1) is 0 Å². The highest BCUT2D eigenvalue weighted by molar-refractivity contribution is 6.30. The van der Waals surface area contributed by atoms with E-state index in [4.69, 9.17) is 11.6 Å². The summed E-state index contributed by atoms with van der Waals surface area (Å²) in [7, 11) is 0. The minimum absolute atomic E-state index is 0.482. The van der Waals surface area contributed by atoms with Crippen LogP contribution in [0.1, 0.15) is 38.8 Å². The van der Waals surface area contributed by atoms with Gasteiger partial charge in [0.15, 0.2) is 0 Å². The van der Waals surface area contributed by atoms with Gasteiger partial charge in [0, 0.05) is 36.2 Å². The number of rotatable bonds is 3. The van der Waals surface area contributed by atoms with Gasteiger partial charge in [-0.05, 0) is 38.0 Å². The van der Waals surface area contributed by atoms with Crippen LogP contribution in [-0.2, 0) is 0 Å². The van der Waals surface area contributed by atoms with Gasteiger partial charge in [-0.15, -0.1) is 0 Å². The standard InChI is InChI=1S/C15H23ClN2/c1-4-15(13-6-5-7-14(16)8-13)18-9-11(2)17-12(3)10-18/h5-8,11-12,15,17H,4,9-10H2,1-3H3. The predicted octanol–water partition coefficient (Wildman–Crippen LogP) is 3.47. The van der Waals surface area contributed by atoms with Crippen molar-refractivity contribution < 1.29 is 0 Å². The van der Waals surface area contributed by atoms with Crippen LogP contribution in [0, 0.1) is 0 Å². The van der Waals surface area contributed by atoms with Crippen molar-refractivity contribution >= 4 is 11.6 Å². The molecule has 2 nitrogen and oxygen atoms in total. The number of piperazine rings is 1. The average Bonchev–Trinajstić information content (AvgIpc) is 2.28. The third kappa shape index (κ3) is 3.25. The van der Waals surface area contributed by atoms with Crippen LogP contribution < -0.4 is 5.32 Å². The van der Waals surface area contributed by atoms with E-state index in [1.807, 2.05) is 6.07 Å². The van der Waals surface area contributed by atoms with Crippen LogP contribution in [0.4, 0.5) is 0 Å². The Hall–Kier alpha value is -0.570. The molecule has 0 spiro atoms. The van der Waals surface area contributed by atoms with Crippen molar-refractivity contribution in [2.24, 2.45) is 0 Å². The second kappa shape index (κ2) is 6.05. The molecule has 0 amide bonds. The Morgan fingerprint density at radius 2 is 2.00 bits per heavy atom. The van der Waals surface area contributed by atoms with Crippen molar-refractivity contribution in [1.82, 2.24) is 10.2 Å². The van der Waals surface area contributed by atoms with E-state index >= 15 is 0 Å². The summed E-state index contributed by atoms with van der Waals surface area (Å²) in [5.41, 5.74) is 1.34. The third-order valence-electron chi connectivity index (χ3n) is 3.65. The van der Waals surface area contributed by atoms with Crippen molar-refractivity contribution in [2.45, 2.75) is 45.3 Å². The average molecular weight is 267 g/mol. The summed E-state index contributed by atoms with van der Waals surface area (Å²) in [5, 5.41) is 4.42. The molecule has 1 aromatic rings. The number of nitrogens with zero attached hydrogens (tertiary/aromatic N) is 1. The summed E-state index contributed by atoms with van der Waals surface area (Å²) in [6, 6.07) is 9.89. The number of halogens is 1. The topological polar surface area (TPSA) is 15.3 Å². The monoisotopic (exact) mass is 266 g/mol. The summed E-state index contributed by atoms with van der Waals surface area (Å²) in [4.78, 5) is 2.58. The molecule has 0 aliphatic carbocycles. The third-order valence-corrected chi connectivity index (χ3v) is 3.88. The van der Waals surface area contributed by atoms with E-state index in [0.717, 1.165) is 24.5 Å². The Labute approximate surface area is 115 Å². The Morgan fingerprint density at radius 1 is 1.33 bits per heavy atom. The highest BCUT2D eigenvalue weighted by Crippen LogP contribution is 2.27. The lowest BCUT2D eigenvalue weighted by Gasteiger charge is -2.41. The zero-order valence-electron chi connectivity index (χ0n) is 11.5. The van der Waals surface area contributed by atoms with Gasteiger partial charge in [0.25, 0.3) is 0 Å². The fraction of sp³-hybridized carbons (Fsp3) is 0.600. The zero-order valence-corrected chi connectivity index (χ0v) is 12.2. The molecule has 0 saturated carbocycles. The molecule has 0 bridgehead atoms. The van der Waals surface area contributed by atoms with E-state index in [-0.39, 0.29) is 0 Å². The van der Waals surface area contributed by atoms with Crippen molar-refractivity contribution in [3.05, 3.63) is 34.9 Å². The molecule has 0 radical (unpaired) electrons. The highest BCUT2D eigenvalue weighted by atomic mass is 35.5. The summed E-state index contributed by atoms with van der Waals surface area (Å²) in [6.07, 6.45) is 1.12. The van der Waals surface area contributed by atoms with E-state index in [0.29, 0.717) is 18.1 Å². The second-order valence-electron chi connectivity index (χ2n) is 5.40. The smallest absolute Gasteiger partial charge is 0.0409 e. The number of benzene rings is 1. The molecule has 1 heterocycles. The van der Waals surface area contributed by atoms with Crippen molar-refractivity contribution in [3.8, 4) is 0 Å². The predicted molar refractivity (Wildman–Crippen MR) is 78.1 cm³/mol. The Bertz CT molecular complexity index is 384. The maximum atomic E-state index is 6.11. The Balaban J connectivity index is 2.17. The SMILES string of the molecule is CCC(c1cccc(Cl)c1)N1CC(C)NC(C)C1. The van der Waals surface area contributed by atoms with Crippen molar-refractivity contribution in [2.75, 3.05) is 13.1 Å². The molecule has 18 heavy (non-hydrogen) atoms. The second-order valence-corrected chi connectivity index (χ2v) is 5.84. The molecule has 3 heteroatoms. The lowest BCUT2D eigenvalue weighted by Crippen LogP contribution is -2.54. The van der Waals surface area contributed by atoms with E-state index in [9.17, 15) is 0 Å². The molecule has 1 aromatic carbocycles. The van der Waals surface area contributed by atoms with Crippen LogP contribution in [0.15, 0.2) is 24.3 Å². The van der Waals surface area contributed by atoms with Crippen LogP contribution in [0.2, 0.25) is 5.02 Å². The first-order valence-electron chi connectivity index (χ1n) is 6.85. The molecule has 1 aliphatic rings. The molecule has 1 aliphatic heterocycles. The molecule has 1 fully saturated rings. The summed E-state index contributed by atoms with van der Waals surface area (Å²) in [5.74, 6) is 0. The minimum Gasteiger partial charge on any atom is -0.309 e. The van der Waals surface area contributed by atoms with E-state index in [1.54, 1.807) is 0 Å².